The zero-order valence-electron chi connectivity index (χ0n) is 13.5. The highest BCUT2D eigenvalue weighted by molar-refractivity contribution is 6.00. The highest BCUT2D eigenvalue weighted by Crippen LogP contribution is 2.43. The number of urea groups is 1. The van der Waals surface area contributed by atoms with Crippen molar-refractivity contribution in [2.24, 2.45) is 5.92 Å². The number of halogens is 4. The molecule has 142 valence electrons. The van der Waals surface area contributed by atoms with E-state index in [9.17, 15) is 32.3 Å². The van der Waals surface area contributed by atoms with Gasteiger partial charge in [0.25, 0.3) is 0 Å². The lowest BCUT2D eigenvalue weighted by molar-refractivity contribution is -0.287. The number of Topliss-reactive ketones (excluding diaryl/α,β-unsaturated/α-hetero) is 1. The Morgan fingerprint density at radius 3 is 2.41 bits per heavy atom. The van der Waals surface area contributed by atoms with Crippen LogP contribution in [0, 0.1) is 11.7 Å². The second kappa shape index (κ2) is 6.62. The highest BCUT2D eigenvalue weighted by Gasteiger charge is 2.66. The molecule has 2 amide bonds. The van der Waals surface area contributed by atoms with Crippen molar-refractivity contribution in [3.63, 3.8) is 0 Å². The normalized spacial score (nSPS) is 25.4. The standard InChI is InChI=1S/C17H13F4N3O3/c18-11-5-3-9(4-6-11)13-12(14(25)10-2-1-7-22-8-10)16(27,17(19,20)21)24-15(26)23-13/h1-8,12-13,27H,(H2,23,24,26)/t12-,13+,16-/m0/s1. The van der Waals surface area contributed by atoms with E-state index in [4.69, 9.17) is 0 Å². The van der Waals surface area contributed by atoms with Gasteiger partial charge in [0.15, 0.2) is 5.78 Å². The minimum atomic E-state index is -5.36. The molecule has 6 nitrogen and oxygen atoms in total. The summed E-state index contributed by atoms with van der Waals surface area (Å²) < 4.78 is 54.2. The number of ketones is 1. The number of hydrogen-bond acceptors (Lipinski definition) is 4. The Hall–Kier alpha value is -3.01. The third kappa shape index (κ3) is 3.35. The number of hydrogen-bond donors (Lipinski definition) is 3. The molecule has 10 heteroatoms. The third-order valence-electron chi connectivity index (χ3n) is 4.26. The highest BCUT2D eigenvalue weighted by atomic mass is 19.4. The van der Waals surface area contributed by atoms with Crippen LogP contribution in [0.15, 0.2) is 48.8 Å². The Bertz CT molecular complexity index is 858. The van der Waals surface area contributed by atoms with Gasteiger partial charge in [-0.15, -0.1) is 0 Å². The number of pyridine rings is 1. The zero-order chi connectivity index (χ0) is 19.8. The van der Waals surface area contributed by atoms with Crippen molar-refractivity contribution in [3.8, 4) is 0 Å². The molecule has 1 aliphatic heterocycles. The fraction of sp³-hybridized carbons (Fsp3) is 0.235. The van der Waals surface area contributed by atoms with E-state index in [1.165, 1.54) is 23.6 Å². The quantitative estimate of drug-likeness (QED) is 0.561. The first kappa shape index (κ1) is 18.8. The summed E-state index contributed by atoms with van der Waals surface area (Å²) in [5.74, 6) is -3.92. The van der Waals surface area contributed by atoms with E-state index >= 15 is 0 Å². The molecule has 2 aromatic rings. The number of aromatic nitrogens is 1. The van der Waals surface area contributed by atoms with Crippen molar-refractivity contribution in [1.82, 2.24) is 15.6 Å². The van der Waals surface area contributed by atoms with E-state index in [0.29, 0.717) is 0 Å². The summed E-state index contributed by atoms with van der Waals surface area (Å²) >= 11 is 0. The number of alkyl halides is 3. The molecule has 0 saturated carbocycles. The van der Waals surface area contributed by atoms with Gasteiger partial charge in [0, 0.05) is 18.0 Å². The van der Waals surface area contributed by atoms with Crippen LogP contribution in [0.5, 0.6) is 0 Å². The Kier molecular flexibility index (Phi) is 4.60. The molecule has 1 fully saturated rings. The maximum Gasteiger partial charge on any atom is 0.437 e. The first-order valence-electron chi connectivity index (χ1n) is 7.71. The van der Waals surface area contributed by atoms with Gasteiger partial charge >= 0.3 is 12.2 Å². The summed E-state index contributed by atoms with van der Waals surface area (Å²) in [7, 11) is 0. The number of amides is 2. The molecule has 3 N–H and O–H groups in total. The predicted octanol–water partition coefficient (Wildman–Crippen LogP) is 2.32. The molecule has 2 heterocycles. The van der Waals surface area contributed by atoms with Gasteiger partial charge in [-0.2, -0.15) is 13.2 Å². The van der Waals surface area contributed by atoms with Gasteiger partial charge in [0.1, 0.15) is 11.7 Å². The van der Waals surface area contributed by atoms with Gasteiger partial charge in [0.2, 0.25) is 5.72 Å². The largest absolute Gasteiger partial charge is 0.437 e. The van der Waals surface area contributed by atoms with Crippen molar-refractivity contribution in [1.29, 1.82) is 0 Å². The van der Waals surface area contributed by atoms with Crippen molar-refractivity contribution in [2.75, 3.05) is 0 Å². The van der Waals surface area contributed by atoms with E-state index in [2.05, 4.69) is 10.3 Å². The lowest BCUT2D eigenvalue weighted by Gasteiger charge is -2.45. The molecule has 1 aromatic heterocycles. The van der Waals surface area contributed by atoms with Crippen molar-refractivity contribution in [3.05, 3.63) is 65.7 Å². The summed E-state index contributed by atoms with van der Waals surface area (Å²) in [4.78, 5) is 28.3. The van der Waals surface area contributed by atoms with Crippen LogP contribution in [0.2, 0.25) is 0 Å². The molecule has 3 rings (SSSR count). The number of nitrogens with zero attached hydrogens (tertiary/aromatic N) is 1. The smallest absolute Gasteiger partial charge is 0.363 e. The predicted molar refractivity (Wildman–Crippen MR) is 83.9 cm³/mol. The third-order valence-corrected chi connectivity index (χ3v) is 4.26. The summed E-state index contributed by atoms with van der Waals surface area (Å²) in [5.41, 5.74) is -3.99. The topological polar surface area (TPSA) is 91.3 Å². The minimum Gasteiger partial charge on any atom is -0.363 e. The van der Waals surface area contributed by atoms with Gasteiger partial charge in [-0.3, -0.25) is 9.78 Å². The van der Waals surface area contributed by atoms with Crippen molar-refractivity contribution < 1.29 is 32.3 Å². The molecule has 1 saturated heterocycles. The zero-order valence-corrected chi connectivity index (χ0v) is 13.5. The number of aliphatic hydroxyl groups is 1. The van der Waals surface area contributed by atoms with Gasteiger partial charge in [-0.1, -0.05) is 12.1 Å². The van der Waals surface area contributed by atoms with E-state index < -0.39 is 41.5 Å². The Labute approximate surface area is 150 Å². The minimum absolute atomic E-state index is 0.0242. The van der Waals surface area contributed by atoms with Crippen LogP contribution in [-0.4, -0.2) is 33.8 Å². The van der Waals surface area contributed by atoms with E-state index in [1.807, 2.05) is 0 Å². The molecule has 0 radical (unpaired) electrons. The van der Waals surface area contributed by atoms with Crippen LogP contribution < -0.4 is 10.6 Å². The number of carbonyl (C=O) groups excluding carboxylic acids is 2. The number of carbonyl (C=O) groups is 2. The van der Waals surface area contributed by atoms with Gasteiger partial charge in [-0.25, -0.2) is 9.18 Å². The first-order valence-corrected chi connectivity index (χ1v) is 7.71. The maximum absolute atomic E-state index is 13.7. The molecule has 0 unspecified atom stereocenters. The molecule has 3 atom stereocenters. The molecule has 0 spiro atoms. The van der Waals surface area contributed by atoms with E-state index in [-0.39, 0.29) is 11.1 Å². The number of benzene rings is 1. The molecular weight excluding hydrogens is 370 g/mol. The van der Waals surface area contributed by atoms with Gasteiger partial charge in [-0.05, 0) is 29.8 Å². The fourth-order valence-electron chi connectivity index (χ4n) is 2.97. The molecule has 1 aliphatic rings. The van der Waals surface area contributed by atoms with Crippen LogP contribution >= 0.6 is 0 Å². The SMILES string of the molecule is O=C1N[C@H](c2ccc(F)cc2)[C@@H](C(=O)c2cccnc2)[C@](O)(C(F)(F)F)N1. The van der Waals surface area contributed by atoms with Crippen LogP contribution in [0.25, 0.3) is 0 Å². The van der Waals surface area contributed by atoms with Gasteiger partial charge < -0.3 is 15.7 Å². The summed E-state index contributed by atoms with van der Waals surface area (Å²) in [6.07, 6.45) is -2.98. The summed E-state index contributed by atoms with van der Waals surface area (Å²) in [5, 5.41) is 14.0. The van der Waals surface area contributed by atoms with E-state index in [1.54, 1.807) is 0 Å². The Balaban J connectivity index is 2.15. The number of nitrogens with one attached hydrogen (secondary N) is 2. The Morgan fingerprint density at radius 1 is 1.19 bits per heavy atom. The fourth-order valence-corrected chi connectivity index (χ4v) is 2.97. The van der Waals surface area contributed by atoms with Crippen molar-refractivity contribution in [2.45, 2.75) is 17.9 Å². The van der Waals surface area contributed by atoms with Crippen LogP contribution in [-0.2, 0) is 0 Å². The first-order chi connectivity index (χ1) is 12.6. The van der Waals surface area contributed by atoms with Crippen molar-refractivity contribution >= 4 is 11.8 Å². The lowest BCUT2D eigenvalue weighted by atomic mass is 9.77. The van der Waals surface area contributed by atoms with E-state index in [0.717, 1.165) is 30.5 Å². The summed E-state index contributed by atoms with van der Waals surface area (Å²) in [6, 6.07) is 3.92. The maximum atomic E-state index is 13.7. The molecule has 0 aliphatic carbocycles. The van der Waals surface area contributed by atoms with Crippen LogP contribution in [0.4, 0.5) is 22.4 Å². The molecule has 27 heavy (non-hydrogen) atoms. The Morgan fingerprint density at radius 2 is 1.85 bits per heavy atom. The second-order valence-electron chi connectivity index (χ2n) is 5.98. The van der Waals surface area contributed by atoms with Crippen LogP contribution in [0.1, 0.15) is 22.0 Å². The molecule has 0 bridgehead atoms. The number of rotatable bonds is 3. The average molecular weight is 383 g/mol. The average Bonchev–Trinajstić information content (AvgIpc) is 2.61. The lowest BCUT2D eigenvalue weighted by Crippen LogP contribution is -2.72. The monoisotopic (exact) mass is 383 g/mol. The summed E-state index contributed by atoms with van der Waals surface area (Å²) in [6.45, 7) is 0. The molecular formula is C17H13F4N3O3. The van der Waals surface area contributed by atoms with Gasteiger partial charge in [0.05, 0.1) is 6.04 Å². The van der Waals surface area contributed by atoms with Crippen LogP contribution in [0.3, 0.4) is 0 Å². The second-order valence-corrected chi connectivity index (χ2v) is 5.98. The molecule has 1 aromatic carbocycles.